The van der Waals surface area contributed by atoms with E-state index in [1.807, 2.05) is 13.8 Å². The van der Waals surface area contributed by atoms with Crippen molar-refractivity contribution in [1.29, 1.82) is 0 Å². The normalized spacial score (nSPS) is 11.3. The van der Waals surface area contributed by atoms with E-state index in [9.17, 15) is 14.9 Å². The van der Waals surface area contributed by atoms with Crippen molar-refractivity contribution in [3.63, 3.8) is 0 Å². The molecule has 2 N–H and O–H groups in total. The van der Waals surface area contributed by atoms with E-state index >= 15 is 0 Å². The van der Waals surface area contributed by atoms with Gasteiger partial charge in [-0.25, -0.2) is 0 Å². The fourth-order valence-corrected chi connectivity index (χ4v) is 1.47. The van der Waals surface area contributed by atoms with E-state index in [0.29, 0.717) is 13.0 Å². The minimum absolute atomic E-state index is 0.0637. The Balaban J connectivity index is 2.44. The molecule has 0 aliphatic carbocycles. The van der Waals surface area contributed by atoms with Gasteiger partial charge in [0.15, 0.2) is 0 Å². The maximum Gasteiger partial charge on any atom is 0.389 e. The molecule has 0 unspecified atom stereocenters. The van der Waals surface area contributed by atoms with Crippen molar-refractivity contribution in [3.8, 4) is 0 Å². The highest BCUT2D eigenvalue weighted by atomic mass is 16.6. The number of carbonyl (C=O) groups is 1. The van der Waals surface area contributed by atoms with Gasteiger partial charge in [0, 0.05) is 13.2 Å². The molecule has 1 aromatic heterocycles. The molecule has 0 spiro atoms. The standard InChI is InChI=1S/C11H18N4O4/c1-11(2,4-6-16)8-12-10(17)7-14-5-3-9(13-14)15(18)19/h3,5,16H,4,6-8H2,1-2H3,(H,12,17). The molecule has 0 atom stereocenters. The maximum absolute atomic E-state index is 11.6. The summed E-state index contributed by atoms with van der Waals surface area (Å²) in [4.78, 5) is 21.5. The molecule has 1 heterocycles. The van der Waals surface area contributed by atoms with Crippen LogP contribution in [-0.2, 0) is 11.3 Å². The molecular formula is C11H18N4O4. The zero-order chi connectivity index (χ0) is 14.5. The van der Waals surface area contributed by atoms with Crippen LogP contribution in [0.1, 0.15) is 20.3 Å². The molecule has 106 valence electrons. The Morgan fingerprint density at radius 2 is 2.32 bits per heavy atom. The molecule has 8 heteroatoms. The van der Waals surface area contributed by atoms with Crippen LogP contribution in [0.4, 0.5) is 5.82 Å². The van der Waals surface area contributed by atoms with Crippen molar-refractivity contribution < 1.29 is 14.8 Å². The Bertz CT molecular complexity index is 455. The van der Waals surface area contributed by atoms with Crippen LogP contribution >= 0.6 is 0 Å². The highest BCUT2D eigenvalue weighted by Gasteiger charge is 2.19. The molecule has 0 fully saturated rings. The first-order valence-electron chi connectivity index (χ1n) is 5.89. The molecule has 0 radical (unpaired) electrons. The fraction of sp³-hybridized carbons (Fsp3) is 0.636. The molecule has 0 bridgehead atoms. The second-order valence-electron chi connectivity index (χ2n) is 5.04. The first kappa shape index (κ1) is 15.1. The van der Waals surface area contributed by atoms with Gasteiger partial charge in [0.05, 0.1) is 17.4 Å². The Hall–Kier alpha value is -1.96. The van der Waals surface area contributed by atoms with Crippen molar-refractivity contribution in [2.45, 2.75) is 26.8 Å². The molecule has 19 heavy (non-hydrogen) atoms. The van der Waals surface area contributed by atoms with E-state index in [1.165, 1.54) is 16.9 Å². The second-order valence-corrected chi connectivity index (χ2v) is 5.04. The number of amides is 1. The predicted molar refractivity (Wildman–Crippen MR) is 67.4 cm³/mol. The smallest absolute Gasteiger partial charge is 0.389 e. The van der Waals surface area contributed by atoms with Gasteiger partial charge in [0.25, 0.3) is 0 Å². The van der Waals surface area contributed by atoms with E-state index in [0.717, 1.165) is 0 Å². The lowest BCUT2D eigenvalue weighted by molar-refractivity contribution is -0.389. The van der Waals surface area contributed by atoms with E-state index in [2.05, 4.69) is 10.4 Å². The third kappa shape index (κ3) is 5.04. The Morgan fingerprint density at radius 3 is 2.84 bits per heavy atom. The minimum atomic E-state index is -0.612. The zero-order valence-corrected chi connectivity index (χ0v) is 11.0. The first-order chi connectivity index (χ1) is 8.84. The summed E-state index contributed by atoms with van der Waals surface area (Å²) in [6.07, 6.45) is 1.97. The van der Waals surface area contributed by atoms with E-state index in [1.54, 1.807) is 0 Å². The topological polar surface area (TPSA) is 110 Å². The monoisotopic (exact) mass is 270 g/mol. The van der Waals surface area contributed by atoms with Gasteiger partial charge in [0.2, 0.25) is 5.91 Å². The molecule has 0 aromatic carbocycles. The number of aliphatic hydroxyl groups excluding tert-OH is 1. The quantitative estimate of drug-likeness (QED) is 0.547. The number of rotatable bonds is 7. The van der Waals surface area contributed by atoms with Gasteiger partial charge in [-0.1, -0.05) is 13.8 Å². The van der Waals surface area contributed by atoms with Crippen LogP contribution in [0.15, 0.2) is 12.3 Å². The number of nitro groups is 1. The Morgan fingerprint density at radius 1 is 1.63 bits per heavy atom. The average molecular weight is 270 g/mol. The Labute approximate surface area is 110 Å². The van der Waals surface area contributed by atoms with Crippen molar-refractivity contribution in [2.75, 3.05) is 13.2 Å². The first-order valence-corrected chi connectivity index (χ1v) is 5.89. The van der Waals surface area contributed by atoms with Crippen molar-refractivity contribution in [2.24, 2.45) is 5.41 Å². The van der Waals surface area contributed by atoms with Crippen LogP contribution in [0.3, 0.4) is 0 Å². The third-order valence-electron chi connectivity index (χ3n) is 2.67. The lowest BCUT2D eigenvalue weighted by Gasteiger charge is -2.23. The van der Waals surface area contributed by atoms with Crippen LogP contribution in [0.2, 0.25) is 0 Å². The van der Waals surface area contributed by atoms with E-state index < -0.39 is 4.92 Å². The van der Waals surface area contributed by atoms with Crippen LogP contribution in [0.5, 0.6) is 0 Å². The lowest BCUT2D eigenvalue weighted by Crippen LogP contribution is -2.36. The fourth-order valence-electron chi connectivity index (χ4n) is 1.47. The minimum Gasteiger partial charge on any atom is -0.396 e. The van der Waals surface area contributed by atoms with Gasteiger partial charge in [-0.15, -0.1) is 0 Å². The highest BCUT2D eigenvalue weighted by molar-refractivity contribution is 5.75. The summed E-state index contributed by atoms with van der Waals surface area (Å²) in [7, 11) is 0. The van der Waals surface area contributed by atoms with Gasteiger partial charge in [-0.2, -0.15) is 4.68 Å². The van der Waals surface area contributed by atoms with Crippen LogP contribution in [0.25, 0.3) is 0 Å². The number of nitrogens with one attached hydrogen (secondary N) is 1. The predicted octanol–water partition coefficient (Wildman–Crippen LogP) is 0.316. The number of aromatic nitrogens is 2. The van der Waals surface area contributed by atoms with E-state index in [-0.39, 0.29) is 30.3 Å². The van der Waals surface area contributed by atoms with Crippen LogP contribution in [0, 0.1) is 15.5 Å². The molecule has 8 nitrogen and oxygen atoms in total. The summed E-state index contributed by atoms with van der Waals surface area (Å²) in [5.74, 6) is -0.558. The van der Waals surface area contributed by atoms with Crippen LogP contribution in [-0.4, -0.2) is 38.9 Å². The molecule has 0 aliphatic rings. The van der Waals surface area contributed by atoms with Crippen molar-refractivity contribution >= 4 is 11.7 Å². The molecule has 0 saturated carbocycles. The molecule has 0 aliphatic heterocycles. The lowest BCUT2D eigenvalue weighted by atomic mass is 9.90. The summed E-state index contributed by atoms with van der Waals surface area (Å²) in [5, 5.41) is 25.7. The molecular weight excluding hydrogens is 252 g/mol. The van der Waals surface area contributed by atoms with Gasteiger partial charge >= 0.3 is 5.82 Å². The zero-order valence-electron chi connectivity index (χ0n) is 11.0. The number of aliphatic hydroxyl groups is 1. The van der Waals surface area contributed by atoms with Gasteiger partial charge in [-0.3, -0.25) is 4.79 Å². The van der Waals surface area contributed by atoms with Crippen LogP contribution < -0.4 is 5.32 Å². The molecule has 1 amide bonds. The highest BCUT2D eigenvalue weighted by Crippen LogP contribution is 2.17. The molecule has 0 saturated heterocycles. The Kier molecular flexibility index (Phi) is 4.99. The average Bonchev–Trinajstić information content (AvgIpc) is 2.75. The summed E-state index contributed by atoms with van der Waals surface area (Å²) in [5.41, 5.74) is -0.194. The molecule has 1 aromatic rings. The third-order valence-corrected chi connectivity index (χ3v) is 2.67. The number of nitrogens with zero attached hydrogens (tertiary/aromatic N) is 3. The number of hydrogen-bond acceptors (Lipinski definition) is 5. The van der Waals surface area contributed by atoms with Crippen molar-refractivity contribution in [3.05, 3.63) is 22.4 Å². The largest absolute Gasteiger partial charge is 0.396 e. The summed E-state index contributed by atoms with van der Waals surface area (Å²) >= 11 is 0. The number of carbonyl (C=O) groups excluding carboxylic acids is 1. The summed E-state index contributed by atoms with van der Waals surface area (Å²) in [6.45, 7) is 4.29. The van der Waals surface area contributed by atoms with Gasteiger partial charge in [-0.05, 0) is 16.8 Å². The summed E-state index contributed by atoms with van der Waals surface area (Å²) < 4.78 is 1.21. The summed E-state index contributed by atoms with van der Waals surface area (Å²) in [6, 6.07) is 1.24. The SMILES string of the molecule is CC(C)(CCO)CNC(=O)Cn1ccc([N+](=O)[O-])n1. The van der Waals surface area contributed by atoms with Crippen molar-refractivity contribution in [1.82, 2.24) is 15.1 Å². The maximum atomic E-state index is 11.6. The van der Waals surface area contributed by atoms with Gasteiger partial charge in [0.1, 0.15) is 6.54 Å². The second kappa shape index (κ2) is 6.28. The number of hydrogen-bond donors (Lipinski definition) is 2. The van der Waals surface area contributed by atoms with Gasteiger partial charge < -0.3 is 20.5 Å². The van der Waals surface area contributed by atoms with E-state index in [4.69, 9.17) is 5.11 Å². The molecule has 1 rings (SSSR count).